The van der Waals surface area contributed by atoms with Gasteiger partial charge in [0.25, 0.3) is 0 Å². The molecule has 0 aliphatic rings. The monoisotopic (exact) mass is 225 g/mol. The van der Waals surface area contributed by atoms with Crippen LogP contribution in [0.2, 0.25) is 0 Å². The Labute approximate surface area is 98.3 Å². The molecule has 2 heterocycles. The number of anilines is 1. The smallest absolute Gasteiger partial charge is 0.155 e. The summed E-state index contributed by atoms with van der Waals surface area (Å²) in [5.41, 5.74) is 0.982. The summed E-state index contributed by atoms with van der Waals surface area (Å²) < 4.78 is 5.00. The second kappa shape index (κ2) is 4.25. The fourth-order valence-electron chi connectivity index (χ4n) is 1.68. The van der Waals surface area contributed by atoms with Crippen LogP contribution in [0.25, 0.3) is 10.9 Å². The minimum Gasteiger partial charge on any atom is -0.363 e. The molecule has 3 rings (SSSR count). The van der Waals surface area contributed by atoms with Crippen molar-refractivity contribution in [2.45, 2.75) is 6.54 Å². The van der Waals surface area contributed by atoms with Gasteiger partial charge in [0.05, 0.1) is 18.3 Å². The molecular weight excluding hydrogens is 214 g/mol. The van der Waals surface area contributed by atoms with Gasteiger partial charge >= 0.3 is 0 Å². The third-order valence-corrected chi connectivity index (χ3v) is 2.53. The number of fused-ring (bicyclic) bond motifs is 1. The predicted molar refractivity (Wildman–Crippen MR) is 65.6 cm³/mol. The van der Waals surface area contributed by atoms with Crippen molar-refractivity contribution < 1.29 is 4.52 Å². The number of nitrogens with zero attached hydrogens (tertiary/aromatic N) is 2. The zero-order valence-corrected chi connectivity index (χ0v) is 9.13. The maximum absolute atomic E-state index is 5.00. The normalized spacial score (nSPS) is 10.6. The highest BCUT2D eigenvalue weighted by molar-refractivity contribution is 5.79. The largest absolute Gasteiger partial charge is 0.363 e. The number of para-hydroxylation sites is 1. The highest BCUT2D eigenvalue weighted by Crippen LogP contribution is 2.15. The van der Waals surface area contributed by atoms with Gasteiger partial charge in [-0.05, 0) is 18.2 Å². The molecule has 4 nitrogen and oxygen atoms in total. The van der Waals surface area contributed by atoms with E-state index in [2.05, 4.69) is 15.5 Å². The van der Waals surface area contributed by atoms with Gasteiger partial charge in [-0.3, -0.25) is 0 Å². The fraction of sp³-hybridized carbons (Fsp3) is 0.0769. The lowest BCUT2D eigenvalue weighted by atomic mass is 10.2. The van der Waals surface area contributed by atoms with E-state index in [0.717, 1.165) is 22.5 Å². The van der Waals surface area contributed by atoms with E-state index in [1.807, 2.05) is 42.5 Å². The van der Waals surface area contributed by atoms with Crippen LogP contribution in [0.15, 0.2) is 53.2 Å². The van der Waals surface area contributed by atoms with Crippen LogP contribution in [0.4, 0.5) is 5.82 Å². The van der Waals surface area contributed by atoms with Crippen molar-refractivity contribution in [2.75, 3.05) is 5.32 Å². The van der Waals surface area contributed by atoms with E-state index in [1.54, 1.807) is 6.20 Å². The first kappa shape index (κ1) is 9.84. The highest BCUT2D eigenvalue weighted by atomic mass is 16.5. The van der Waals surface area contributed by atoms with E-state index >= 15 is 0 Å². The van der Waals surface area contributed by atoms with Crippen LogP contribution in [0, 0.1) is 0 Å². The van der Waals surface area contributed by atoms with Gasteiger partial charge in [-0.25, -0.2) is 4.98 Å². The molecule has 0 saturated heterocycles. The average Bonchev–Trinajstić information content (AvgIpc) is 2.89. The Morgan fingerprint density at radius 3 is 2.88 bits per heavy atom. The second-order valence-corrected chi connectivity index (χ2v) is 3.72. The zero-order chi connectivity index (χ0) is 11.5. The van der Waals surface area contributed by atoms with Crippen molar-refractivity contribution in [1.82, 2.24) is 10.1 Å². The maximum atomic E-state index is 5.00. The Morgan fingerprint density at radius 2 is 2.00 bits per heavy atom. The Kier molecular flexibility index (Phi) is 2.46. The quantitative estimate of drug-likeness (QED) is 0.744. The number of hydrogen-bond acceptors (Lipinski definition) is 4. The molecule has 0 bridgehead atoms. The first-order chi connectivity index (χ1) is 8.42. The summed E-state index contributed by atoms with van der Waals surface area (Å²) in [6.45, 7) is 0.589. The molecule has 0 amide bonds. The highest BCUT2D eigenvalue weighted by Gasteiger charge is 1.99. The molecule has 0 saturated carbocycles. The Balaban J connectivity index is 1.81. The molecule has 17 heavy (non-hydrogen) atoms. The van der Waals surface area contributed by atoms with Crippen LogP contribution in [0.3, 0.4) is 0 Å². The van der Waals surface area contributed by atoms with Gasteiger partial charge in [0.2, 0.25) is 0 Å². The number of rotatable bonds is 3. The van der Waals surface area contributed by atoms with Gasteiger partial charge in [-0.1, -0.05) is 23.4 Å². The van der Waals surface area contributed by atoms with Crippen LogP contribution < -0.4 is 5.32 Å². The molecule has 84 valence electrons. The molecule has 2 aromatic heterocycles. The molecule has 0 fully saturated rings. The number of nitrogens with one attached hydrogen (secondary N) is 1. The van der Waals surface area contributed by atoms with Gasteiger partial charge in [0, 0.05) is 11.5 Å². The van der Waals surface area contributed by atoms with Gasteiger partial charge in [-0.2, -0.15) is 0 Å². The Morgan fingerprint density at radius 1 is 1.06 bits per heavy atom. The number of hydrogen-bond donors (Lipinski definition) is 1. The molecule has 3 aromatic rings. The standard InChI is InChI=1S/C13H11N3O/c1-2-4-12-10(3-1)5-6-13(16-12)14-9-11-7-8-15-17-11/h1-8H,9H2,(H,14,16). The van der Waals surface area contributed by atoms with Crippen LogP contribution in [0.5, 0.6) is 0 Å². The molecule has 0 radical (unpaired) electrons. The van der Waals surface area contributed by atoms with Crippen LogP contribution in [0.1, 0.15) is 5.76 Å². The van der Waals surface area contributed by atoms with Crippen LogP contribution >= 0.6 is 0 Å². The van der Waals surface area contributed by atoms with Crippen molar-refractivity contribution in [3.05, 3.63) is 54.4 Å². The third-order valence-electron chi connectivity index (χ3n) is 2.53. The average molecular weight is 225 g/mol. The lowest BCUT2D eigenvalue weighted by Crippen LogP contribution is -2.00. The SMILES string of the molecule is c1ccc2nc(NCc3ccno3)ccc2c1. The van der Waals surface area contributed by atoms with E-state index in [9.17, 15) is 0 Å². The molecule has 0 aliphatic heterocycles. The summed E-state index contributed by atoms with van der Waals surface area (Å²) >= 11 is 0. The molecule has 4 heteroatoms. The van der Waals surface area contributed by atoms with Gasteiger partial charge < -0.3 is 9.84 Å². The van der Waals surface area contributed by atoms with E-state index in [-0.39, 0.29) is 0 Å². The summed E-state index contributed by atoms with van der Waals surface area (Å²) in [6, 6.07) is 13.9. The number of pyridine rings is 1. The fourth-order valence-corrected chi connectivity index (χ4v) is 1.68. The first-order valence-corrected chi connectivity index (χ1v) is 5.41. The predicted octanol–water partition coefficient (Wildman–Crippen LogP) is 2.83. The summed E-state index contributed by atoms with van der Waals surface area (Å²) in [5.74, 6) is 1.63. The summed E-state index contributed by atoms with van der Waals surface area (Å²) in [6.07, 6.45) is 1.63. The molecular formula is C13H11N3O. The van der Waals surface area contributed by atoms with Crippen molar-refractivity contribution in [3.63, 3.8) is 0 Å². The molecule has 0 unspecified atom stereocenters. The van der Waals surface area contributed by atoms with Gasteiger partial charge in [0.1, 0.15) is 5.82 Å². The Bertz CT molecular complexity index is 619. The van der Waals surface area contributed by atoms with Crippen LogP contribution in [-0.2, 0) is 6.54 Å². The topological polar surface area (TPSA) is 51.0 Å². The molecule has 0 atom stereocenters. The van der Waals surface area contributed by atoms with E-state index < -0.39 is 0 Å². The number of aromatic nitrogens is 2. The van der Waals surface area contributed by atoms with Crippen molar-refractivity contribution in [2.24, 2.45) is 0 Å². The third kappa shape index (κ3) is 2.10. The summed E-state index contributed by atoms with van der Waals surface area (Å²) in [4.78, 5) is 4.50. The zero-order valence-electron chi connectivity index (χ0n) is 9.13. The maximum Gasteiger partial charge on any atom is 0.155 e. The second-order valence-electron chi connectivity index (χ2n) is 3.72. The lowest BCUT2D eigenvalue weighted by Gasteiger charge is -2.04. The summed E-state index contributed by atoms with van der Waals surface area (Å²) in [5, 5.41) is 7.98. The van der Waals surface area contributed by atoms with E-state index in [1.165, 1.54) is 0 Å². The molecule has 1 N–H and O–H groups in total. The van der Waals surface area contributed by atoms with Gasteiger partial charge in [-0.15, -0.1) is 0 Å². The Hall–Kier alpha value is -2.36. The lowest BCUT2D eigenvalue weighted by molar-refractivity contribution is 0.388. The van der Waals surface area contributed by atoms with Crippen molar-refractivity contribution in [1.29, 1.82) is 0 Å². The van der Waals surface area contributed by atoms with E-state index in [4.69, 9.17) is 4.52 Å². The van der Waals surface area contributed by atoms with E-state index in [0.29, 0.717) is 6.54 Å². The van der Waals surface area contributed by atoms with Crippen LogP contribution in [-0.4, -0.2) is 10.1 Å². The first-order valence-electron chi connectivity index (χ1n) is 5.41. The molecule has 0 aliphatic carbocycles. The molecule has 0 spiro atoms. The van der Waals surface area contributed by atoms with Crippen molar-refractivity contribution in [3.8, 4) is 0 Å². The minimum atomic E-state index is 0.589. The number of benzene rings is 1. The molecule has 1 aromatic carbocycles. The summed E-state index contributed by atoms with van der Waals surface area (Å²) in [7, 11) is 0. The minimum absolute atomic E-state index is 0.589. The van der Waals surface area contributed by atoms with Gasteiger partial charge in [0.15, 0.2) is 5.76 Å². The van der Waals surface area contributed by atoms with Crippen molar-refractivity contribution >= 4 is 16.7 Å².